The molecule has 13 heteroatoms. The third kappa shape index (κ3) is 5.34. The molecule has 0 radical (unpaired) electrons. The predicted octanol–water partition coefficient (Wildman–Crippen LogP) is 2.42. The zero-order chi connectivity index (χ0) is 28.6. The Morgan fingerprint density at radius 2 is 2.00 bits per heavy atom. The predicted molar refractivity (Wildman–Crippen MR) is 144 cm³/mol. The molecule has 0 unspecified atom stereocenters. The summed E-state index contributed by atoms with van der Waals surface area (Å²) in [5.74, 6) is -0.929. The van der Waals surface area contributed by atoms with Crippen molar-refractivity contribution < 1.29 is 18.7 Å². The number of amides is 1. The van der Waals surface area contributed by atoms with Crippen LogP contribution in [0.2, 0.25) is 0 Å². The monoisotopic (exact) mass is 551 g/mol. The number of ether oxygens (including phenoxy) is 2. The first kappa shape index (κ1) is 27.5. The Bertz CT molecular complexity index is 1540. The zero-order valence-electron chi connectivity index (χ0n) is 23.6. The Balaban J connectivity index is 1.38. The Kier molecular flexibility index (Phi) is 7.43. The van der Waals surface area contributed by atoms with Crippen LogP contribution in [0.4, 0.5) is 4.39 Å². The summed E-state index contributed by atoms with van der Waals surface area (Å²) in [6.07, 6.45) is 3.35. The summed E-state index contributed by atoms with van der Waals surface area (Å²) in [5, 5.41) is 20.3. The molecule has 0 saturated heterocycles. The van der Waals surface area contributed by atoms with Gasteiger partial charge in [0.25, 0.3) is 5.91 Å². The summed E-state index contributed by atoms with van der Waals surface area (Å²) in [5.41, 5.74) is 4.01. The van der Waals surface area contributed by atoms with Crippen molar-refractivity contribution in [2.75, 3.05) is 27.8 Å². The molecule has 3 aromatic heterocycles. The van der Waals surface area contributed by atoms with Gasteiger partial charge in [-0.2, -0.15) is 10.2 Å². The van der Waals surface area contributed by atoms with E-state index in [2.05, 4.69) is 57.3 Å². The third-order valence-corrected chi connectivity index (χ3v) is 6.87. The van der Waals surface area contributed by atoms with Crippen molar-refractivity contribution in [3.63, 3.8) is 0 Å². The number of methoxy groups -OCH3 is 2. The van der Waals surface area contributed by atoms with Crippen molar-refractivity contribution in [1.29, 1.82) is 0 Å². The number of aryl methyl sites for hydroxylation is 1. The van der Waals surface area contributed by atoms with Gasteiger partial charge >= 0.3 is 0 Å². The van der Waals surface area contributed by atoms with Crippen LogP contribution in [0.1, 0.15) is 52.5 Å². The van der Waals surface area contributed by atoms with Crippen LogP contribution < -0.4 is 10.1 Å². The van der Waals surface area contributed by atoms with Crippen LogP contribution in [0.5, 0.6) is 5.75 Å². The third-order valence-electron chi connectivity index (χ3n) is 6.87. The van der Waals surface area contributed by atoms with Crippen LogP contribution in [0.3, 0.4) is 0 Å². The Morgan fingerprint density at radius 3 is 2.70 bits per heavy atom. The first-order valence-corrected chi connectivity index (χ1v) is 12.9. The minimum Gasteiger partial charge on any atom is -0.494 e. The number of halogens is 1. The molecule has 0 bridgehead atoms. The molecule has 1 amide bonds. The lowest BCUT2D eigenvalue weighted by atomic mass is 10.0. The fourth-order valence-electron chi connectivity index (χ4n) is 5.25. The molecule has 1 aromatic carbocycles. The second-order valence-corrected chi connectivity index (χ2v) is 10.7. The largest absolute Gasteiger partial charge is 0.494 e. The molecule has 5 rings (SSSR count). The van der Waals surface area contributed by atoms with E-state index in [4.69, 9.17) is 14.6 Å². The molecule has 212 valence electrons. The molecule has 1 aliphatic rings. The molecule has 0 spiro atoms. The highest BCUT2D eigenvalue weighted by atomic mass is 19.1. The van der Waals surface area contributed by atoms with Gasteiger partial charge in [-0.05, 0) is 46.0 Å². The lowest BCUT2D eigenvalue weighted by molar-refractivity contribution is 0.0945. The van der Waals surface area contributed by atoms with E-state index in [9.17, 15) is 4.79 Å². The number of benzene rings is 1. The molecule has 1 N–H and O–H groups in total. The number of hydrogen-bond acceptors (Lipinski definition) is 8. The molecule has 0 aliphatic carbocycles. The number of hydrogen-bond donors (Lipinski definition) is 1. The highest BCUT2D eigenvalue weighted by molar-refractivity contribution is 5.95. The maximum atomic E-state index is 15.3. The highest BCUT2D eigenvalue weighted by Gasteiger charge is 2.31. The SMILES string of the molecule is COCc1nn(Cc2cc3n(n2)C(C)(C)CN(C)C3)cc1C(=O)NCc1c(-n2cc(C)nn2)ccc(OC)c1F. The molecule has 1 aliphatic heterocycles. The number of aromatic nitrogens is 7. The normalized spacial score (nSPS) is 14.8. The van der Waals surface area contributed by atoms with E-state index < -0.39 is 11.7 Å². The van der Waals surface area contributed by atoms with Gasteiger partial charge in [0.05, 0.1) is 60.3 Å². The molecular formula is C27H34FN9O3. The van der Waals surface area contributed by atoms with Gasteiger partial charge in [0.1, 0.15) is 5.69 Å². The van der Waals surface area contributed by atoms with E-state index in [1.165, 1.54) is 17.9 Å². The summed E-state index contributed by atoms with van der Waals surface area (Å²) in [6.45, 7) is 8.26. The van der Waals surface area contributed by atoms with Crippen LogP contribution in [0.25, 0.3) is 5.69 Å². The number of carbonyl (C=O) groups is 1. The fourth-order valence-corrected chi connectivity index (χ4v) is 5.25. The van der Waals surface area contributed by atoms with E-state index in [0.29, 0.717) is 29.2 Å². The second-order valence-electron chi connectivity index (χ2n) is 10.7. The van der Waals surface area contributed by atoms with E-state index in [1.54, 1.807) is 37.2 Å². The quantitative estimate of drug-likeness (QED) is 0.337. The highest BCUT2D eigenvalue weighted by Crippen LogP contribution is 2.27. The van der Waals surface area contributed by atoms with Crippen molar-refractivity contribution in [3.05, 3.63) is 70.3 Å². The van der Waals surface area contributed by atoms with Gasteiger partial charge in [0, 0.05) is 38.5 Å². The average molecular weight is 552 g/mol. The van der Waals surface area contributed by atoms with E-state index in [1.807, 2.05) is 0 Å². The van der Waals surface area contributed by atoms with Gasteiger partial charge in [-0.15, -0.1) is 5.10 Å². The summed E-state index contributed by atoms with van der Waals surface area (Å²) in [4.78, 5) is 15.6. The van der Waals surface area contributed by atoms with Gasteiger partial charge < -0.3 is 14.8 Å². The number of nitrogens with one attached hydrogen (secondary N) is 1. The van der Waals surface area contributed by atoms with Crippen LogP contribution in [-0.4, -0.2) is 73.2 Å². The van der Waals surface area contributed by atoms with Gasteiger partial charge in [-0.25, -0.2) is 9.07 Å². The molecular weight excluding hydrogens is 517 g/mol. The molecule has 4 aromatic rings. The first-order valence-electron chi connectivity index (χ1n) is 12.9. The van der Waals surface area contributed by atoms with Gasteiger partial charge in [-0.1, -0.05) is 5.21 Å². The molecule has 0 fully saturated rings. The van der Waals surface area contributed by atoms with Crippen molar-refractivity contribution in [1.82, 2.24) is 44.8 Å². The molecule has 40 heavy (non-hydrogen) atoms. The van der Waals surface area contributed by atoms with E-state index >= 15 is 4.39 Å². The first-order chi connectivity index (χ1) is 19.1. The van der Waals surface area contributed by atoms with Gasteiger partial charge in [-0.3, -0.25) is 19.1 Å². The number of rotatable bonds is 9. The number of likely N-dealkylation sites (N-methyl/N-ethyl adjacent to an activating group) is 1. The van der Waals surface area contributed by atoms with E-state index in [0.717, 1.165) is 24.5 Å². The van der Waals surface area contributed by atoms with Gasteiger partial charge in [0.15, 0.2) is 11.6 Å². The molecule has 4 heterocycles. The minimum absolute atomic E-state index is 0.0647. The lowest BCUT2D eigenvalue weighted by Gasteiger charge is -2.37. The maximum absolute atomic E-state index is 15.3. The second kappa shape index (κ2) is 10.8. The van der Waals surface area contributed by atoms with Crippen molar-refractivity contribution >= 4 is 5.91 Å². The van der Waals surface area contributed by atoms with Gasteiger partial charge in [0.2, 0.25) is 0 Å². The number of carbonyl (C=O) groups excluding carboxylic acids is 1. The zero-order valence-corrected chi connectivity index (χ0v) is 23.6. The fraction of sp³-hybridized carbons (Fsp3) is 0.444. The van der Waals surface area contributed by atoms with E-state index in [-0.39, 0.29) is 30.0 Å². The molecule has 0 saturated carbocycles. The van der Waals surface area contributed by atoms with Crippen LogP contribution in [0, 0.1) is 12.7 Å². The lowest BCUT2D eigenvalue weighted by Crippen LogP contribution is -2.45. The molecule has 0 atom stereocenters. The number of nitrogens with zero attached hydrogens (tertiary/aromatic N) is 8. The van der Waals surface area contributed by atoms with Crippen LogP contribution in [0.15, 0.2) is 30.6 Å². The van der Waals surface area contributed by atoms with Crippen molar-refractivity contribution in [2.24, 2.45) is 0 Å². The maximum Gasteiger partial charge on any atom is 0.255 e. The number of fused-ring (bicyclic) bond motifs is 1. The molecule has 12 nitrogen and oxygen atoms in total. The standard InChI is InChI=1S/C27H34FN9O3/c1-17-11-36(33-30-17)23-7-8-24(40-6)25(28)20(23)10-29-26(38)21-14-35(32-22(21)15-39-5)12-18-9-19-13-34(4)16-27(2,3)37(19)31-18/h7-9,11,14H,10,12-13,15-16H2,1-6H3,(H,29,38). The van der Waals surface area contributed by atoms with Crippen molar-refractivity contribution in [2.45, 2.75) is 52.6 Å². The Labute approximate surface area is 231 Å². The van der Waals surface area contributed by atoms with Crippen LogP contribution >= 0.6 is 0 Å². The topological polar surface area (TPSA) is 117 Å². The summed E-state index contributed by atoms with van der Waals surface area (Å²) < 4.78 is 31.0. The van der Waals surface area contributed by atoms with Crippen LogP contribution in [-0.2, 0) is 36.5 Å². The Hall–Kier alpha value is -4.10. The average Bonchev–Trinajstić information content (AvgIpc) is 3.61. The minimum atomic E-state index is -0.585. The summed E-state index contributed by atoms with van der Waals surface area (Å²) in [6, 6.07) is 5.27. The van der Waals surface area contributed by atoms with Crippen molar-refractivity contribution in [3.8, 4) is 11.4 Å². The smallest absolute Gasteiger partial charge is 0.255 e. The summed E-state index contributed by atoms with van der Waals surface area (Å²) >= 11 is 0. The summed E-state index contributed by atoms with van der Waals surface area (Å²) in [7, 11) is 5.03. The Morgan fingerprint density at radius 1 is 1.20 bits per heavy atom.